The van der Waals surface area contributed by atoms with E-state index in [9.17, 15) is 22.0 Å². The molecule has 0 spiro atoms. The van der Waals surface area contributed by atoms with Gasteiger partial charge < -0.3 is 0 Å². The fraction of sp³-hybridized carbons (Fsp3) is 0.190. The van der Waals surface area contributed by atoms with Crippen LogP contribution in [0.25, 0.3) is 10.2 Å². The molecule has 4 rings (SSSR count). The second kappa shape index (κ2) is 9.13. The third kappa shape index (κ3) is 4.83. The molecule has 0 aliphatic carbocycles. The van der Waals surface area contributed by atoms with Crippen LogP contribution in [0.15, 0.2) is 65.8 Å². The van der Waals surface area contributed by atoms with E-state index in [1.807, 2.05) is 0 Å². The first-order valence-electron chi connectivity index (χ1n) is 9.65. The third-order valence-electron chi connectivity index (χ3n) is 4.76. The molecule has 0 radical (unpaired) electrons. The minimum absolute atomic E-state index is 0.0585. The minimum atomic E-state index is -3.79. The van der Waals surface area contributed by atoms with Crippen molar-refractivity contribution in [2.75, 3.05) is 17.2 Å². The van der Waals surface area contributed by atoms with Crippen LogP contribution in [0.2, 0.25) is 0 Å². The van der Waals surface area contributed by atoms with Crippen molar-refractivity contribution < 1.29 is 22.0 Å². The highest BCUT2D eigenvalue weighted by Crippen LogP contribution is 2.30. The number of carbonyl (C=O) groups excluding carboxylic acids is 1. The molecule has 166 valence electrons. The predicted octanol–water partition coefficient (Wildman–Crippen LogP) is 3.67. The number of amides is 1. The van der Waals surface area contributed by atoms with E-state index in [-0.39, 0.29) is 28.5 Å². The molecular formula is C21H18F2N4O3S2. The summed E-state index contributed by atoms with van der Waals surface area (Å²) in [7, 11) is -3.79. The zero-order chi connectivity index (χ0) is 22.7. The fourth-order valence-corrected chi connectivity index (χ4v) is 5.35. The van der Waals surface area contributed by atoms with Crippen LogP contribution in [0.5, 0.6) is 0 Å². The summed E-state index contributed by atoms with van der Waals surface area (Å²) in [4.78, 5) is 18.6. The van der Waals surface area contributed by atoms with Gasteiger partial charge in [-0.3, -0.25) is 14.4 Å². The Labute approximate surface area is 186 Å². The Kier molecular flexibility index (Phi) is 6.28. The molecule has 0 fully saturated rings. The summed E-state index contributed by atoms with van der Waals surface area (Å²) < 4.78 is 54.6. The molecule has 0 saturated heterocycles. The smallest absolute Gasteiger partial charge is 0.229 e. The number of rotatable bonds is 8. The maximum Gasteiger partial charge on any atom is 0.229 e. The zero-order valence-electron chi connectivity index (χ0n) is 16.7. The highest BCUT2D eigenvalue weighted by atomic mass is 32.2. The maximum absolute atomic E-state index is 14.1. The van der Waals surface area contributed by atoms with Gasteiger partial charge in [0.15, 0.2) is 15.0 Å². The summed E-state index contributed by atoms with van der Waals surface area (Å²) in [5.41, 5.74) is 0.156. The van der Waals surface area contributed by atoms with Crippen LogP contribution >= 0.6 is 11.3 Å². The van der Waals surface area contributed by atoms with Gasteiger partial charge in [-0.05, 0) is 42.5 Å². The first-order valence-corrected chi connectivity index (χ1v) is 12.1. The van der Waals surface area contributed by atoms with Gasteiger partial charge in [0, 0.05) is 25.4 Å². The largest absolute Gasteiger partial charge is 0.286 e. The zero-order valence-corrected chi connectivity index (χ0v) is 18.3. The van der Waals surface area contributed by atoms with Crippen molar-refractivity contribution in [1.29, 1.82) is 0 Å². The van der Waals surface area contributed by atoms with Gasteiger partial charge in [-0.2, -0.15) is 5.10 Å². The second-order valence-corrected chi connectivity index (χ2v) is 10.0. The van der Waals surface area contributed by atoms with Crippen molar-refractivity contribution in [3.8, 4) is 0 Å². The summed E-state index contributed by atoms with van der Waals surface area (Å²) >= 11 is 1.15. The van der Waals surface area contributed by atoms with Crippen LogP contribution in [0.1, 0.15) is 6.42 Å². The van der Waals surface area contributed by atoms with Crippen LogP contribution in [0, 0.1) is 11.6 Å². The van der Waals surface area contributed by atoms with Gasteiger partial charge in [-0.15, -0.1) is 0 Å². The lowest BCUT2D eigenvalue weighted by Crippen LogP contribution is -2.35. The lowest BCUT2D eigenvalue weighted by Gasteiger charge is -2.20. The first kappa shape index (κ1) is 22.0. The molecule has 0 unspecified atom stereocenters. The van der Waals surface area contributed by atoms with Gasteiger partial charge in [0.05, 0.1) is 21.9 Å². The molecular weight excluding hydrogens is 458 g/mol. The van der Waals surface area contributed by atoms with Gasteiger partial charge >= 0.3 is 0 Å². The molecule has 4 aromatic rings. The van der Waals surface area contributed by atoms with Crippen LogP contribution in [-0.4, -0.2) is 41.4 Å². The molecule has 0 atom stereocenters. The lowest BCUT2D eigenvalue weighted by molar-refractivity contribution is -0.118. The van der Waals surface area contributed by atoms with Crippen molar-refractivity contribution in [2.24, 2.45) is 0 Å². The summed E-state index contributed by atoms with van der Waals surface area (Å²) in [5.74, 6) is -1.96. The molecule has 2 aromatic carbocycles. The Morgan fingerprint density at radius 3 is 2.56 bits per heavy atom. The maximum atomic E-state index is 14.1. The normalized spacial score (nSPS) is 11.7. The standard InChI is InChI=1S/C21H18F2N4O3S2/c22-15-5-7-16(8-6-15)32(29,30)14-9-19(28)27(13-12-26-11-2-10-24-26)21-25-20-17(23)3-1-4-18(20)31-21/h1-8,10-11H,9,12-14H2. The average molecular weight is 477 g/mol. The number of hydrogen-bond acceptors (Lipinski definition) is 6. The highest BCUT2D eigenvalue weighted by Gasteiger charge is 2.24. The molecule has 7 nitrogen and oxygen atoms in total. The van der Waals surface area contributed by atoms with Crippen molar-refractivity contribution in [2.45, 2.75) is 17.9 Å². The summed E-state index contributed by atoms with van der Waals surface area (Å²) in [6.07, 6.45) is 3.03. The Morgan fingerprint density at radius 1 is 1.09 bits per heavy atom. The van der Waals surface area contributed by atoms with E-state index in [0.29, 0.717) is 11.2 Å². The van der Waals surface area contributed by atoms with E-state index >= 15 is 0 Å². The number of thiazole rings is 1. The van der Waals surface area contributed by atoms with Crippen LogP contribution < -0.4 is 4.90 Å². The molecule has 0 aliphatic heterocycles. The molecule has 0 bridgehead atoms. The number of hydrogen-bond donors (Lipinski definition) is 0. The van der Waals surface area contributed by atoms with Gasteiger partial charge in [0.25, 0.3) is 0 Å². The Hall–Kier alpha value is -3.18. The van der Waals surface area contributed by atoms with Crippen molar-refractivity contribution >= 4 is 42.4 Å². The van der Waals surface area contributed by atoms with E-state index in [0.717, 1.165) is 23.5 Å². The van der Waals surface area contributed by atoms with E-state index in [4.69, 9.17) is 0 Å². The monoisotopic (exact) mass is 476 g/mol. The van der Waals surface area contributed by atoms with Crippen molar-refractivity contribution in [3.05, 3.63) is 72.6 Å². The topological polar surface area (TPSA) is 85.2 Å². The molecule has 0 aliphatic rings. The molecule has 2 aromatic heterocycles. The molecule has 32 heavy (non-hydrogen) atoms. The Bertz CT molecular complexity index is 1340. The van der Waals surface area contributed by atoms with Crippen molar-refractivity contribution in [1.82, 2.24) is 14.8 Å². The van der Waals surface area contributed by atoms with Gasteiger partial charge in [-0.1, -0.05) is 17.4 Å². The summed E-state index contributed by atoms with van der Waals surface area (Å²) in [5, 5.41) is 4.38. The van der Waals surface area contributed by atoms with Gasteiger partial charge in [0.1, 0.15) is 17.2 Å². The second-order valence-electron chi connectivity index (χ2n) is 6.92. The number of sulfone groups is 1. The van der Waals surface area contributed by atoms with Crippen LogP contribution in [-0.2, 0) is 21.2 Å². The summed E-state index contributed by atoms with van der Waals surface area (Å²) in [6.45, 7) is 0.528. The Balaban J connectivity index is 1.56. The molecule has 11 heteroatoms. The lowest BCUT2D eigenvalue weighted by atomic mass is 10.3. The van der Waals surface area contributed by atoms with E-state index in [1.54, 1.807) is 35.3 Å². The third-order valence-corrected chi connectivity index (χ3v) is 7.54. The van der Waals surface area contributed by atoms with Crippen molar-refractivity contribution in [3.63, 3.8) is 0 Å². The number of fused-ring (bicyclic) bond motifs is 1. The first-order chi connectivity index (χ1) is 15.3. The minimum Gasteiger partial charge on any atom is -0.286 e. The molecule has 0 N–H and O–H groups in total. The van der Waals surface area contributed by atoms with E-state index in [1.165, 1.54) is 23.1 Å². The highest BCUT2D eigenvalue weighted by molar-refractivity contribution is 7.91. The van der Waals surface area contributed by atoms with Gasteiger partial charge in [0.2, 0.25) is 5.91 Å². The van der Waals surface area contributed by atoms with Gasteiger partial charge in [-0.25, -0.2) is 22.2 Å². The summed E-state index contributed by atoms with van der Waals surface area (Å²) in [6, 6.07) is 10.7. The molecule has 0 saturated carbocycles. The average Bonchev–Trinajstić information content (AvgIpc) is 3.43. The SMILES string of the molecule is O=C(CCS(=O)(=O)c1ccc(F)cc1)N(CCn1cccn1)c1nc2c(F)cccc2s1. The Morgan fingerprint density at radius 2 is 1.88 bits per heavy atom. The molecule has 1 amide bonds. The van der Waals surface area contributed by atoms with Crippen LogP contribution in [0.3, 0.4) is 0 Å². The number of anilines is 1. The fourth-order valence-electron chi connectivity index (χ4n) is 3.10. The van der Waals surface area contributed by atoms with Crippen LogP contribution in [0.4, 0.5) is 13.9 Å². The van der Waals surface area contributed by atoms with E-state index < -0.39 is 33.1 Å². The predicted molar refractivity (Wildman–Crippen MR) is 117 cm³/mol. The number of aromatic nitrogens is 3. The number of nitrogens with zero attached hydrogens (tertiary/aromatic N) is 4. The number of benzene rings is 2. The number of carbonyl (C=O) groups is 1. The number of para-hydroxylation sites is 1. The quantitative estimate of drug-likeness (QED) is 0.362. The van der Waals surface area contributed by atoms with E-state index in [2.05, 4.69) is 10.1 Å². The number of halogens is 2. The molecule has 2 heterocycles.